The Hall–Kier alpha value is -0.240. The lowest BCUT2D eigenvalue weighted by atomic mass is 10.1. The van der Waals surface area contributed by atoms with E-state index in [1.54, 1.807) is 0 Å². The third-order valence-corrected chi connectivity index (χ3v) is 1.65. The van der Waals surface area contributed by atoms with Gasteiger partial charge in [0, 0.05) is 0 Å². The van der Waals surface area contributed by atoms with Crippen molar-refractivity contribution in [1.82, 2.24) is 0 Å². The quantitative estimate of drug-likeness (QED) is 0.458. The molecule has 0 aromatic heterocycles. The molecule has 0 amide bonds. The summed E-state index contributed by atoms with van der Waals surface area (Å²) < 4.78 is 0. The smallest absolute Gasteiger partial charge is 0.114 e. The van der Waals surface area contributed by atoms with E-state index in [-0.39, 0.29) is 11.4 Å². The Morgan fingerprint density at radius 2 is 2.43 bits per heavy atom. The van der Waals surface area contributed by atoms with Gasteiger partial charge >= 0.3 is 0 Å². The van der Waals surface area contributed by atoms with Crippen LogP contribution in [-0.4, -0.2) is 17.3 Å². The largest absolute Gasteiger partial charge is 0.386 e. The molecule has 1 rings (SSSR count). The van der Waals surface area contributed by atoms with Crippen molar-refractivity contribution in [2.24, 2.45) is 10.7 Å². The molecule has 2 nitrogen and oxygen atoms in total. The number of hydrogen-bond acceptors (Lipinski definition) is 2. The SMILES string of the molecule is CC1N=C(N)C1Cl. The molecule has 1 heterocycles. The van der Waals surface area contributed by atoms with E-state index in [0.29, 0.717) is 5.84 Å². The Morgan fingerprint density at radius 3 is 2.43 bits per heavy atom. The van der Waals surface area contributed by atoms with Gasteiger partial charge in [0.2, 0.25) is 0 Å². The molecule has 2 atom stereocenters. The van der Waals surface area contributed by atoms with Crippen molar-refractivity contribution in [3.05, 3.63) is 0 Å². The first-order valence-electron chi connectivity index (χ1n) is 2.19. The minimum atomic E-state index is -0.000000000000000222. The molecule has 0 aromatic carbocycles. The van der Waals surface area contributed by atoms with Gasteiger partial charge in [0.15, 0.2) is 0 Å². The van der Waals surface area contributed by atoms with Crippen molar-refractivity contribution in [1.29, 1.82) is 0 Å². The van der Waals surface area contributed by atoms with Gasteiger partial charge in [-0.3, -0.25) is 4.99 Å². The van der Waals surface area contributed by atoms with Crippen LogP contribution in [0.3, 0.4) is 0 Å². The van der Waals surface area contributed by atoms with Crippen LogP contribution in [0.4, 0.5) is 0 Å². The second-order valence-electron chi connectivity index (χ2n) is 1.70. The van der Waals surface area contributed by atoms with Gasteiger partial charge in [0.05, 0.1) is 6.04 Å². The Morgan fingerprint density at radius 1 is 1.86 bits per heavy atom. The van der Waals surface area contributed by atoms with Crippen LogP contribution in [0.5, 0.6) is 0 Å². The Bertz CT molecular complexity index is 110. The summed E-state index contributed by atoms with van der Waals surface area (Å²) in [6.45, 7) is 1.94. The van der Waals surface area contributed by atoms with E-state index < -0.39 is 0 Å². The van der Waals surface area contributed by atoms with Crippen LogP contribution in [-0.2, 0) is 0 Å². The molecule has 1 aliphatic rings. The molecule has 0 aromatic rings. The summed E-state index contributed by atoms with van der Waals surface area (Å²) in [5, 5.41) is -0.000000000000000222. The first-order valence-corrected chi connectivity index (χ1v) is 2.62. The maximum absolute atomic E-state index is 5.59. The van der Waals surface area contributed by atoms with Gasteiger partial charge in [-0.05, 0) is 6.92 Å². The average molecular weight is 119 g/mol. The van der Waals surface area contributed by atoms with Crippen LogP contribution in [0.2, 0.25) is 0 Å². The Labute approximate surface area is 47.4 Å². The molecule has 1 aliphatic heterocycles. The van der Waals surface area contributed by atoms with Crippen molar-refractivity contribution in [2.75, 3.05) is 0 Å². The third kappa shape index (κ3) is 0.589. The highest BCUT2D eigenvalue weighted by Gasteiger charge is 2.25. The summed E-state index contributed by atoms with van der Waals surface area (Å²) in [7, 11) is 0. The predicted octanol–water partition coefficient (Wildman–Crippen LogP) is 0.353. The normalized spacial score (nSPS) is 39.4. The summed E-state index contributed by atoms with van der Waals surface area (Å²) in [6, 6.07) is 0.238. The van der Waals surface area contributed by atoms with E-state index in [1.807, 2.05) is 6.92 Å². The number of alkyl halides is 1. The zero-order valence-corrected chi connectivity index (χ0v) is 4.81. The molecule has 0 spiro atoms. The van der Waals surface area contributed by atoms with Crippen molar-refractivity contribution in [3.8, 4) is 0 Å². The summed E-state index contributed by atoms with van der Waals surface area (Å²) in [5.74, 6) is 0.578. The monoisotopic (exact) mass is 118 g/mol. The predicted molar refractivity (Wildman–Crippen MR) is 30.7 cm³/mol. The molecule has 40 valence electrons. The highest BCUT2D eigenvalue weighted by molar-refractivity contribution is 6.33. The topological polar surface area (TPSA) is 38.4 Å². The van der Waals surface area contributed by atoms with Crippen LogP contribution in [0, 0.1) is 0 Å². The second kappa shape index (κ2) is 1.37. The number of amidine groups is 1. The molecule has 0 bridgehead atoms. The van der Waals surface area contributed by atoms with Crippen LogP contribution < -0.4 is 5.73 Å². The minimum absolute atomic E-state index is 0.000000000000000222. The van der Waals surface area contributed by atoms with E-state index in [0.717, 1.165) is 0 Å². The van der Waals surface area contributed by atoms with Gasteiger partial charge in [-0.15, -0.1) is 11.6 Å². The van der Waals surface area contributed by atoms with E-state index in [2.05, 4.69) is 4.99 Å². The zero-order valence-electron chi connectivity index (χ0n) is 4.06. The molecular formula is C4H7ClN2. The molecule has 0 fully saturated rings. The summed E-state index contributed by atoms with van der Waals surface area (Å²) in [6.07, 6.45) is 0. The van der Waals surface area contributed by atoms with Crippen LogP contribution in [0.15, 0.2) is 4.99 Å². The number of nitrogens with two attached hydrogens (primary N) is 1. The fraction of sp³-hybridized carbons (Fsp3) is 0.750. The van der Waals surface area contributed by atoms with Gasteiger partial charge in [0.25, 0.3) is 0 Å². The first-order chi connectivity index (χ1) is 3.22. The van der Waals surface area contributed by atoms with E-state index in [1.165, 1.54) is 0 Å². The number of halogens is 1. The molecule has 2 N–H and O–H groups in total. The van der Waals surface area contributed by atoms with Crippen LogP contribution in [0.1, 0.15) is 6.92 Å². The lowest BCUT2D eigenvalue weighted by molar-refractivity contribution is 0.714. The van der Waals surface area contributed by atoms with E-state index in [4.69, 9.17) is 17.3 Å². The van der Waals surface area contributed by atoms with E-state index in [9.17, 15) is 0 Å². The number of aliphatic imine (C=N–C) groups is 1. The van der Waals surface area contributed by atoms with Gasteiger partial charge in [-0.1, -0.05) is 0 Å². The standard InChI is InChI=1S/C4H7ClN2/c1-2-3(5)4(6)7-2/h2-3H,1H3,(H2,6,7). The summed E-state index contributed by atoms with van der Waals surface area (Å²) in [4.78, 5) is 3.87. The molecular weight excluding hydrogens is 112 g/mol. The molecule has 0 aliphatic carbocycles. The van der Waals surface area contributed by atoms with E-state index >= 15 is 0 Å². The molecule has 0 saturated heterocycles. The van der Waals surface area contributed by atoms with Crippen molar-refractivity contribution in [2.45, 2.75) is 18.3 Å². The number of rotatable bonds is 0. The second-order valence-corrected chi connectivity index (χ2v) is 2.17. The van der Waals surface area contributed by atoms with Crippen molar-refractivity contribution < 1.29 is 0 Å². The number of hydrogen-bond donors (Lipinski definition) is 1. The third-order valence-electron chi connectivity index (χ3n) is 1.06. The average Bonchev–Trinajstić information content (AvgIpc) is 1.68. The molecule has 2 unspecified atom stereocenters. The fourth-order valence-corrected chi connectivity index (χ4v) is 0.649. The van der Waals surface area contributed by atoms with Crippen molar-refractivity contribution in [3.63, 3.8) is 0 Å². The molecule has 0 saturated carbocycles. The van der Waals surface area contributed by atoms with Crippen LogP contribution >= 0.6 is 11.6 Å². The highest BCUT2D eigenvalue weighted by Crippen LogP contribution is 2.15. The fourth-order valence-electron chi connectivity index (χ4n) is 0.537. The minimum Gasteiger partial charge on any atom is -0.386 e. The van der Waals surface area contributed by atoms with Crippen molar-refractivity contribution >= 4 is 17.4 Å². The first kappa shape index (κ1) is 4.91. The van der Waals surface area contributed by atoms with Gasteiger partial charge in [-0.25, -0.2) is 0 Å². The number of nitrogens with zero attached hydrogens (tertiary/aromatic N) is 1. The molecule has 3 heteroatoms. The van der Waals surface area contributed by atoms with Crippen LogP contribution in [0.25, 0.3) is 0 Å². The van der Waals surface area contributed by atoms with Gasteiger partial charge in [0.1, 0.15) is 11.2 Å². The summed E-state index contributed by atoms with van der Waals surface area (Å²) in [5.41, 5.74) is 5.23. The zero-order chi connectivity index (χ0) is 5.44. The maximum Gasteiger partial charge on any atom is 0.114 e. The highest BCUT2D eigenvalue weighted by atomic mass is 35.5. The Kier molecular flexibility index (Phi) is 0.961. The Balaban J connectivity index is 2.57. The molecule has 7 heavy (non-hydrogen) atoms. The lowest BCUT2D eigenvalue weighted by Gasteiger charge is -2.23. The maximum atomic E-state index is 5.59. The summed E-state index contributed by atoms with van der Waals surface area (Å²) >= 11 is 5.59. The molecule has 0 radical (unpaired) electrons. The van der Waals surface area contributed by atoms with Gasteiger partial charge < -0.3 is 5.73 Å². The lowest BCUT2D eigenvalue weighted by Crippen LogP contribution is -2.42. The van der Waals surface area contributed by atoms with Gasteiger partial charge in [-0.2, -0.15) is 0 Å².